The summed E-state index contributed by atoms with van der Waals surface area (Å²) in [6.45, 7) is 3.53. The summed E-state index contributed by atoms with van der Waals surface area (Å²) >= 11 is 0. The van der Waals surface area contributed by atoms with Crippen molar-refractivity contribution in [2.75, 3.05) is 12.4 Å². The minimum absolute atomic E-state index is 0.231. The summed E-state index contributed by atoms with van der Waals surface area (Å²) in [7, 11) is 1.51. The molecule has 6 nitrogen and oxygen atoms in total. The first kappa shape index (κ1) is 22.1. The fourth-order valence-corrected chi connectivity index (χ4v) is 2.46. The van der Waals surface area contributed by atoms with E-state index in [-0.39, 0.29) is 11.6 Å². The fourth-order valence-electron chi connectivity index (χ4n) is 2.46. The first-order valence-corrected chi connectivity index (χ1v) is 8.70. The molecule has 0 radical (unpaired) electrons. The molecule has 0 saturated heterocycles. The molecule has 2 rings (SSSR count). The molecule has 9 heteroatoms. The zero-order chi connectivity index (χ0) is 21.6. The van der Waals surface area contributed by atoms with E-state index in [1.807, 2.05) is 0 Å². The Balaban J connectivity index is 2.04. The number of benzene rings is 2. The van der Waals surface area contributed by atoms with E-state index in [1.165, 1.54) is 19.2 Å². The van der Waals surface area contributed by atoms with Crippen molar-refractivity contribution in [1.82, 2.24) is 5.32 Å². The molecule has 2 aromatic rings. The number of ether oxygens (including phenoxy) is 2. The van der Waals surface area contributed by atoms with Crippen LogP contribution in [0.2, 0.25) is 0 Å². The second-order valence-corrected chi connectivity index (χ2v) is 6.49. The van der Waals surface area contributed by atoms with Crippen LogP contribution in [0.15, 0.2) is 48.5 Å². The highest BCUT2D eigenvalue weighted by molar-refractivity contribution is 6.01. The van der Waals surface area contributed by atoms with Gasteiger partial charge < -0.3 is 20.1 Å². The van der Waals surface area contributed by atoms with Crippen LogP contribution in [0.4, 0.5) is 18.9 Å². The minimum Gasteiger partial charge on any atom is -0.497 e. The third kappa shape index (κ3) is 6.70. The number of carbonyl (C=O) groups excluding carboxylic acids is 2. The minimum atomic E-state index is -4.79. The van der Waals surface area contributed by atoms with E-state index in [0.717, 1.165) is 12.1 Å². The smallest absolute Gasteiger partial charge is 0.497 e. The van der Waals surface area contributed by atoms with Crippen LogP contribution >= 0.6 is 0 Å². The van der Waals surface area contributed by atoms with Crippen molar-refractivity contribution in [1.29, 1.82) is 0 Å². The van der Waals surface area contributed by atoms with Crippen molar-refractivity contribution in [3.8, 4) is 11.5 Å². The van der Waals surface area contributed by atoms with Gasteiger partial charge in [0.15, 0.2) is 0 Å². The summed E-state index contributed by atoms with van der Waals surface area (Å²) in [5, 5.41) is 5.25. The van der Waals surface area contributed by atoms with Crippen LogP contribution in [-0.2, 0) is 4.79 Å². The van der Waals surface area contributed by atoms with Gasteiger partial charge in [-0.2, -0.15) is 0 Å². The molecule has 0 spiro atoms. The van der Waals surface area contributed by atoms with Gasteiger partial charge in [-0.15, -0.1) is 13.2 Å². The number of methoxy groups -OCH3 is 1. The molecular weight excluding hydrogens is 389 g/mol. The summed E-state index contributed by atoms with van der Waals surface area (Å²) in [6, 6.07) is 10.3. The highest BCUT2D eigenvalue weighted by Crippen LogP contribution is 2.24. The Hall–Kier alpha value is -3.23. The van der Waals surface area contributed by atoms with E-state index in [0.29, 0.717) is 11.3 Å². The van der Waals surface area contributed by atoms with Gasteiger partial charge in [-0.1, -0.05) is 13.8 Å². The lowest BCUT2D eigenvalue weighted by Crippen LogP contribution is -2.47. The Morgan fingerprint density at radius 2 is 1.48 bits per heavy atom. The quantitative estimate of drug-likeness (QED) is 0.724. The third-order valence-electron chi connectivity index (χ3n) is 3.94. The largest absolute Gasteiger partial charge is 0.573 e. The lowest BCUT2D eigenvalue weighted by atomic mass is 10.0. The van der Waals surface area contributed by atoms with Crippen LogP contribution in [0.25, 0.3) is 0 Å². The zero-order valence-electron chi connectivity index (χ0n) is 16.0. The van der Waals surface area contributed by atoms with Crippen LogP contribution < -0.4 is 20.1 Å². The van der Waals surface area contributed by atoms with Crippen LogP contribution in [0.1, 0.15) is 24.2 Å². The Bertz CT molecular complexity index is 834. The lowest BCUT2D eigenvalue weighted by Gasteiger charge is -2.22. The van der Waals surface area contributed by atoms with Crippen molar-refractivity contribution in [3.05, 3.63) is 54.1 Å². The average molecular weight is 410 g/mol. The van der Waals surface area contributed by atoms with E-state index in [4.69, 9.17) is 4.74 Å². The highest BCUT2D eigenvalue weighted by Gasteiger charge is 2.31. The highest BCUT2D eigenvalue weighted by atomic mass is 19.4. The van der Waals surface area contributed by atoms with Gasteiger partial charge in [0.05, 0.1) is 7.11 Å². The summed E-state index contributed by atoms with van der Waals surface area (Å²) in [4.78, 5) is 25.0. The molecule has 29 heavy (non-hydrogen) atoms. The molecule has 156 valence electrons. The van der Waals surface area contributed by atoms with Crippen molar-refractivity contribution in [3.63, 3.8) is 0 Å². The number of nitrogens with one attached hydrogen (secondary N) is 2. The number of anilines is 1. The molecular formula is C20H21F3N2O4. The molecule has 1 atom stereocenters. The molecule has 0 unspecified atom stereocenters. The molecule has 2 aromatic carbocycles. The molecule has 0 aliphatic rings. The first-order chi connectivity index (χ1) is 13.6. The van der Waals surface area contributed by atoms with Crippen molar-refractivity contribution >= 4 is 17.5 Å². The predicted molar refractivity (Wildman–Crippen MR) is 101 cm³/mol. The molecule has 0 heterocycles. The maximum atomic E-state index is 12.6. The zero-order valence-corrected chi connectivity index (χ0v) is 16.0. The van der Waals surface area contributed by atoms with Crippen LogP contribution in [0, 0.1) is 5.92 Å². The topological polar surface area (TPSA) is 76.7 Å². The molecule has 0 bridgehead atoms. The number of carbonyl (C=O) groups is 2. The normalized spacial score (nSPS) is 12.2. The predicted octanol–water partition coefficient (Wildman–Crippen LogP) is 3.99. The number of amides is 2. The van der Waals surface area contributed by atoms with Crippen LogP contribution in [0.3, 0.4) is 0 Å². The Morgan fingerprint density at radius 3 is 1.97 bits per heavy atom. The van der Waals surface area contributed by atoms with E-state index in [2.05, 4.69) is 15.4 Å². The van der Waals surface area contributed by atoms with Gasteiger partial charge in [-0.3, -0.25) is 9.59 Å². The number of hydrogen-bond acceptors (Lipinski definition) is 4. The molecule has 0 aliphatic heterocycles. The maximum Gasteiger partial charge on any atom is 0.573 e. The third-order valence-corrected chi connectivity index (χ3v) is 3.94. The van der Waals surface area contributed by atoms with Gasteiger partial charge in [0.1, 0.15) is 17.5 Å². The lowest BCUT2D eigenvalue weighted by molar-refractivity contribution is -0.274. The maximum absolute atomic E-state index is 12.6. The Morgan fingerprint density at radius 1 is 0.931 bits per heavy atom. The van der Waals surface area contributed by atoms with Crippen molar-refractivity contribution in [2.45, 2.75) is 26.3 Å². The van der Waals surface area contributed by atoms with Crippen LogP contribution in [-0.4, -0.2) is 31.3 Å². The fraction of sp³-hybridized carbons (Fsp3) is 0.300. The number of rotatable bonds is 7. The van der Waals surface area contributed by atoms with Crippen molar-refractivity contribution in [2.24, 2.45) is 5.92 Å². The Kier molecular flexibility index (Phi) is 7.08. The summed E-state index contributed by atoms with van der Waals surface area (Å²) in [5.41, 5.74) is 0.631. The van der Waals surface area contributed by atoms with Gasteiger partial charge in [-0.05, 0) is 54.4 Å². The Labute approximate surface area is 166 Å². The van der Waals surface area contributed by atoms with E-state index >= 15 is 0 Å². The van der Waals surface area contributed by atoms with E-state index in [1.54, 1.807) is 38.1 Å². The summed E-state index contributed by atoms with van der Waals surface area (Å²) < 4.78 is 45.5. The molecule has 2 N–H and O–H groups in total. The van der Waals surface area contributed by atoms with Gasteiger partial charge in [0.2, 0.25) is 5.91 Å². The van der Waals surface area contributed by atoms with Gasteiger partial charge in [-0.25, -0.2) is 0 Å². The van der Waals surface area contributed by atoms with Gasteiger partial charge in [0, 0.05) is 11.3 Å². The molecule has 0 saturated carbocycles. The summed E-state index contributed by atoms with van der Waals surface area (Å²) in [6.07, 6.45) is -4.79. The molecule has 2 amide bonds. The average Bonchev–Trinajstić information content (AvgIpc) is 2.66. The van der Waals surface area contributed by atoms with Crippen LogP contribution in [0.5, 0.6) is 11.5 Å². The number of alkyl halides is 3. The van der Waals surface area contributed by atoms with Crippen molar-refractivity contribution < 1.29 is 32.2 Å². The standard InChI is InChI=1S/C20H21F3N2O4/c1-12(2)17(25-18(26)13-4-8-15(28-3)9-5-13)19(27)24-14-6-10-16(11-7-14)29-20(21,22)23/h4-12,17H,1-3H3,(H,24,27)(H,25,26)/t17-/m1/s1. The summed E-state index contributed by atoms with van der Waals surface area (Å²) in [5.74, 6) is -0.965. The first-order valence-electron chi connectivity index (χ1n) is 8.70. The SMILES string of the molecule is COc1ccc(C(=O)N[C@@H](C(=O)Nc2ccc(OC(F)(F)F)cc2)C(C)C)cc1. The molecule has 0 aromatic heterocycles. The molecule has 0 aliphatic carbocycles. The van der Waals surface area contributed by atoms with E-state index < -0.39 is 30.0 Å². The number of halogens is 3. The second kappa shape index (κ2) is 9.31. The van der Waals surface area contributed by atoms with E-state index in [9.17, 15) is 22.8 Å². The van der Waals surface area contributed by atoms with Gasteiger partial charge >= 0.3 is 6.36 Å². The monoisotopic (exact) mass is 410 g/mol. The second-order valence-electron chi connectivity index (χ2n) is 6.49. The molecule has 0 fully saturated rings. The van der Waals surface area contributed by atoms with Gasteiger partial charge in [0.25, 0.3) is 5.91 Å². The number of hydrogen-bond donors (Lipinski definition) is 2.